The van der Waals surface area contributed by atoms with Crippen LogP contribution in [0.25, 0.3) is 16.9 Å². The summed E-state index contributed by atoms with van der Waals surface area (Å²) in [7, 11) is 1.68. The number of hydrogen-bond acceptors (Lipinski definition) is 2. The SMILES string of the molecule is COc1ccccc1-c1ncc2c(C)cccn12. The quantitative estimate of drug-likeness (QED) is 0.684. The largest absolute Gasteiger partial charge is 0.496 e. The maximum atomic E-state index is 5.39. The molecule has 0 aliphatic rings. The molecule has 3 nitrogen and oxygen atoms in total. The van der Waals surface area contributed by atoms with Gasteiger partial charge in [-0.15, -0.1) is 0 Å². The average Bonchev–Trinajstić information content (AvgIpc) is 2.84. The third-order valence-electron chi connectivity index (χ3n) is 3.13. The Labute approximate surface area is 106 Å². The molecule has 0 N–H and O–H groups in total. The van der Waals surface area contributed by atoms with Crippen LogP contribution in [0.3, 0.4) is 0 Å². The van der Waals surface area contributed by atoms with E-state index >= 15 is 0 Å². The first kappa shape index (κ1) is 10.8. The van der Waals surface area contributed by atoms with E-state index < -0.39 is 0 Å². The number of para-hydroxylation sites is 1. The van der Waals surface area contributed by atoms with Crippen molar-refractivity contribution in [2.75, 3.05) is 7.11 Å². The Kier molecular flexibility index (Phi) is 2.52. The lowest BCUT2D eigenvalue weighted by molar-refractivity contribution is 0.416. The number of imidazole rings is 1. The highest BCUT2D eigenvalue weighted by atomic mass is 16.5. The third-order valence-corrected chi connectivity index (χ3v) is 3.13. The van der Waals surface area contributed by atoms with Crippen molar-refractivity contribution in [3.05, 3.63) is 54.4 Å². The number of pyridine rings is 1. The fourth-order valence-corrected chi connectivity index (χ4v) is 2.19. The van der Waals surface area contributed by atoms with Gasteiger partial charge >= 0.3 is 0 Å². The maximum Gasteiger partial charge on any atom is 0.148 e. The molecule has 90 valence electrons. The monoisotopic (exact) mass is 238 g/mol. The summed E-state index contributed by atoms with van der Waals surface area (Å²) in [6.45, 7) is 2.09. The smallest absolute Gasteiger partial charge is 0.148 e. The van der Waals surface area contributed by atoms with Gasteiger partial charge < -0.3 is 4.74 Å². The highest BCUT2D eigenvalue weighted by Gasteiger charge is 2.11. The molecule has 0 saturated heterocycles. The Morgan fingerprint density at radius 2 is 1.94 bits per heavy atom. The molecule has 0 unspecified atom stereocenters. The van der Waals surface area contributed by atoms with Gasteiger partial charge in [0, 0.05) is 6.20 Å². The fraction of sp³-hybridized carbons (Fsp3) is 0.133. The van der Waals surface area contributed by atoms with Crippen molar-refractivity contribution in [2.45, 2.75) is 6.92 Å². The van der Waals surface area contributed by atoms with E-state index in [0.29, 0.717) is 0 Å². The molecule has 0 atom stereocenters. The predicted octanol–water partition coefficient (Wildman–Crippen LogP) is 3.32. The summed E-state index contributed by atoms with van der Waals surface area (Å²) in [5, 5.41) is 0. The number of aromatic nitrogens is 2. The number of hydrogen-bond donors (Lipinski definition) is 0. The number of benzene rings is 1. The van der Waals surface area contributed by atoms with Crippen LogP contribution < -0.4 is 4.74 Å². The van der Waals surface area contributed by atoms with Crippen LogP contribution in [0.5, 0.6) is 5.75 Å². The average molecular weight is 238 g/mol. The molecule has 0 fully saturated rings. The number of ether oxygens (including phenoxy) is 1. The van der Waals surface area contributed by atoms with Crippen molar-refractivity contribution in [1.82, 2.24) is 9.38 Å². The van der Waals surface area contributed by atoms with Crippen molar-refractivity contribution in [3.63, 3.8) is 0 Å². The maximum absolute atomic E-state index is 5.39. The van der Waals surface area contributed by atoms with Crippen LogP contribution in [0.1, 0.15) is 5.56 Å². The molecule has 3 aromatic rings. The van der Waals surface area contributed by atoms with Crippen LogP contribution in [0, 0.1) is 6.92 Å². The van der Waals surface area contributed by atoms with Crippen molar-refractivity contribution in [3.8, 4) is 17.1 Å². The van der Waals surface area contributed by atoms with E-state index in [4.69, 9.17) is 4.74 Å². The first-order valence-corrected chi connectivity index (χ1v) is 5.87. The Bertz CT molecular complexity index is 701. The van der Waals surface area contributed by atoms with Crippen molar-refractivity contribution < 1.29 is 4.74 Å². The number of fused-ring (bicyclic) bond motifs is 1. The Hall–Kier alpha value is -2.29. The number of nitrogens with zero attached hydrogens (tertiary/aromatic N) is 2. The topological polar surface area (TPSA) is 26.5 Å². The van der Waals surface area contributed by atoms with Crippen LogP contribution in [-0.4, -0.2) is 16.5 Å². The summed E-state index contributed by atoms with van der Waals surface area (Å²) >= 11 is 0. The summed E-state index contributed by atoms with van der Waals surface area (Å²) in [4.78, 5) is 4.52. The van der Waals surface area contributed by atoms with Gasteiger partial charge in [0.05, 0.1) is 24.4 Å². The highest BCUT2D eigenvalue weighted by molar-refractivity contribution is 5.69. The van der Waals surface area contributed by atoms with Crippen molar-refractivity contribution >= 4 is 5.52 Å². The normalized spacial score (nSPS) is 10.8. The molecule has 2 aromatic heterocycles. The van der Waals surface area contributed by atoms with E-state index in [9.17, 15) is 0 Å². The predicted molar refractivity (Wildman–Crippen MR) is 71.9 cm³/mol. The van der Waals surface area contributed by atoms with Crippen LogP contribution >= 0.6 is 0 Å². The Morgan fingerprint density at radius 3 is 2.78 bits per heavy atom. The van der Waals surface area contributed by atoms with Gasteiger partial charge in [0.25, 0.3) is 0 Å². The van der Waals surface area contributed by atoms with Crippen molar-refractivity contribution in [1.29, 1.82) is 0 Å². The van der Waals surface area contributed by atoms with Crippen molar-refractivity contribution in [2.24, 2.45) is 0 Å². The molecular formula is C15H14N2O. The zero-order valence-corrected chi connectivity index (χ0v) is 10.4. The lowest BCUT2D eigenvalue weighted by Crippen LogP contribution is -1.93. The van der Waals surface area contributed by atoms with Gasteiger partial charge in [0.15, 0.2) is 0 Å². The standard InChI is InChI=1S/C15H14N2O/c1-11-6-5-9-17-13(11)10-16-15(17)12-7-3-4-8-14(12)18-2/h3-10H,1-2H3. The lowest BCUT2D eigenvalue weighted by atomic mass is 10.2. The second-order valence-electron chi connectivity index (χ2n) is 4.23. The molecule has 2 heterocycles. The molecule has 0 radical (unpaired) electrons. The molecule has 3 heteroatoms. The molecule has 0 spiro atoms. The molecule has 0 aliphatic carbocycles. The lowest BCUT2D eigenvalue weighted by Gasteiger charge is -2.07. The molecule has 3 rings (SSSR count). The molecule has 18 heavy (non-hydrogen) atoms. The van der Waals surface area contributed by atoms with Gasteiger partial charge in [0.1, 0.15) is 11.6 Å². The van der Waals surface area contributed by atoms with Gasteiger partial charge in [-0.1, -0.05) is 18.2 Å². The summed E-state index contributed by atoms with van der Waals surface area (Å²) < 4.78 is 7.49. The summed E-state index contributed by atoms with van der Waals surface area (Å²) in [6, 6.07) is 12.0. The minimum atomic E-state index is 0.839. The van der Waals surface area contributed by atoms with E-state index in [2.05, 4.69) is 22.4 Å². The summed E-state index contributed by atoms with van der Waals surface area (Å²) in [6.07, 6.45) is 3.92. The molecule has 1 aromatic carbocycles. The zero-order chi connectivity index (χ0) is 12.5. The second kappa shape index (κ2) is 4.18. The first-order valence-electron chi connectivity index (χ1n) is 5.87. The van der Waals surface area contributed by atoms with Crippen LogP contribution in [-0.2, 0) is 0 Å². The third kappa shape index (κ3) is 1.56. The van der Waals surface area contributed by atoms with E-state index in [1.807, 2.05) is 42.7 Å². The molecule has 0 amide bonds. The zero-order valence-electron chi connectivity index (χ0n) is 10.4. The number of rotatable bonds is 2. The molecule has 0 saturated carbocycles. The van der Waals surface area contributed by atoms with E-state index in [0.717, 1.165) is 22.7 Å². The van der Waals surface area contributed by atoms with Gasteiger partial charge in [-0.25, -0.2) is 4.98 Å². The summed E-state index contributed by atoms with van der Waals surface area (Å²) in [5.74, 6) is 1.75. The van der Waals surface area contributed by atoms with Crippen LogP contribution in [0.2, 0.25) is 0 Å². The Balaban J connectivity index is 2.29. The first-order chi connectivity index (χ1) is 8.81. The van der Waals surface area contributed by atoms with Crippen LogP contribution in [0.4, 0.5) is 0 Å². The van der Waals surface area contributed by atoms with Gasteiger partial charge in [-0.05, 0) is 30.7 Å². The highest BCUT2D eigenvalue weighted by Crippen LogP contribution is 2.29. The summed E-state index contributed by atoms with van der Waals surface area (Å²) in [5.41, 5.74) is 3.34. The van der Waals surface area contributed by atoms with E-state index in [1.54, 1.807) is 7.11 Å². The van der Waals surface area contributed by atoms with E-state index in [1.165, 1.54) is 5.56 Å². The number of methoxy groups -OCH3 is 1. The van der Waals surface area contributed by atoms with Crippen LogP contribution in [0.15, 0.2) is 48.8 Å². The minimum Gasteiger partial charge on any atom is -0.496 e. The van der Waals surface area contributed by atoms with E-state index in [-0.39, 0.29) is 0 Å². The van der Waals surface area contributed by atoms with Gasteiger partial charge in [-0.2, -0.15) is 0 Å². The Morgan fingerprint density at radius 1 is 1.11 bits per heavy atom. The second-order valence-corrected chi connectivity index (χ2v) is 4.23. The molecule has 0 bridgehead atoms. The number of aryl methyl sites for hydroxylation is 1. The van der Waals surface area contributed by atoms with Gasteiger partial charge in [0.2, 0.25) is 0 Å². The fourth-order valence-electron chi connectivity index (χ4n) is 2.19. The van der Waals surface area contributed by atoms with Gasteiger partial charge in [-0.3, -0.25) is 4.40 Å². The minimum absolute atomic E-state index is 0.839. The molecular weight excluding hydrogens is 224 g/mol. The molecule has 0 aliphatic heterocycles.